The lowest BCUT2D eigenvalue weighted by Crippen LogP contribution is -2.55. The van der Waals surface area contributed by atoms with Gasteiger partial charge in [0.2, 0.25) is 0 Å². The molecule has 3 nitrogen and oxygen atoms in total. The van der Waals surface area contributed by atoms with Crippen molar-refractivity contribution in [3.05, 3.63) is 0 Å². The topological polar surface area (TPSA) is 24.5 Å². The van der Waals surface area contributed by atoms with Crippen molar-refractivity contribution in [1.29, 1.82) is 0 Å². The molecule has 0 aromatic heterocycles. The molecule has 2 aliphatic rings. The molecule has 2 fully saturated rings. The molecule has 0 bridgehead atoms. The van der Waals surface area contributed by atoms with Gasteiger partial charge in [-0.15, -0.1) is 0 Å². The lowest BCUT2D eigenvalue weighted by molar-refractivity contribution is -0.0702. The Hall–Kier alpha value is -0.120. The van der Waals surface area contributed by atoms with Gasteiger partial charge in [0, 0.05) is 19.1 Å². The summed E-state index contributed by atoms with van der Waals surface area (Å²) in [6.07, 6.45) is 4.44. The molecule has 1 N–H and O–H groups in total. The Balaban J connectivity index is 1.78. The van der Waals surface area contributed by atoms with Crippen molar-refractivity contribution >= 4 is 0 Å². The monoisotopic (exact) mass is 226 g/mol. The van der Waals surface area contributed by atoms with Gasteiger partial charge in [0.25, 0.3) is 0 Å². The van der Waals surface area contributed by atoms with Crippen LogP contribution >= 0.6 is 0 Å². The Bertz CT molecular complexity index is 210. The van der Waals surface area contributed by atoms with Crippen molar-refractivity contribution in [2.45, 2.75) is 45.3 Å². The lowest BCUT2D eigenvalue weighted by Gasteiger charge is -2.47. The Morgan fingerprint density at radius 1 is 1.31 bits per heavy atom. The van der Waals surface area contributed by atoms with Gasteiger partial charge in [-0.3, -0.25) is 4.90 Å². The minimum Gasteiger partial charge on any atom is -0.376 e. The predicted molar refractivity (Wildman–Crippen MR) is 66.7 cm³/mol. The molecule has 1 saturated heterocycles. The molecule has 3 atom stereocenters. The molecule has 3 heteroatoms. The normalized spacial score (nSPS) is 36.0. The molecule has 16 heavy (non-hydrogen) atoms. The van der Waals surface area contributed by atoms with E-state index in [-0.39, 0.29) is 0 Å². The fraction of sp³-hybridized carbons (Fsp3) is 1.00. The van der Waals surface area contributed by atoms with E-state index >= 15 is 0 Å². The average molecular weight is 226 g/mol. The molecule has 2 rings (SSSR count). The first-order valence-electron chi connectivity index (χ1n) is 6.91. The summed E-state index contributed by atoms with van der Waals surface area (Å²) in [5.41, 5.74) is 0. The lowest BCUT2D eigenvalue weighted by atomic mass is 9.78. The van der Waals surface area contributed by atoms with Crippen LogP contribution in [-0.2, 0) is 4.74 Å². The summed E-state index contributed by atoms with van der Waals surface area (Å²) in [5.74, 6) is 0.885. The van der Waals surface area contributed by atoms with Crippen LogP contribution < -0.4 is 5.32 Å². The van der Waals surface area contributed by atoms with Crippen molar-refractivity contribution in [3.63, 3.8) is 0 Å². The van der Waals surface area contributed by atoms with Gasteiger partial charge < -0.3 is 10.1 Å². The maximum Gasteiger partial charge on any atom is 0.0700 e. The van der Waals surface area contributed by atoms with Gasteiger partial charge in [-0.2, -0.15) is 0 Å². The van der Waals surface area contributed by atoms with Crippen LogP contribution in [0.5, 0.6) is 0 Å². The Morgan fingerprint density at radius 3 is 2.81 bits per heavy atom. The van der Waals surface area contributed by atoms with E-state index in [0.29, 0.717) is 6.10 Å². The van der Waals surface area contributed by atoms with E-state index < -0.39 is 0 Å². The number of hydrogen-bond acceptors (Lipinski definition) is 3. The van der Waals surface area contributed by atoms with Gasteiger partial charge in [-0.1, -0.05) is 13.8 Å². The van der Waals surface area contributed by atoms with Crippen LogP contribution in [0.25, 0.3) is 0 Å². The summed E-state index contributed by atoms with van der Waals surface area (Å²) in [5, 5.41) is 3.49. The molecular formula is C13H26N2O. The van der Waals surface area contributed by atoms with Crippen molar-refractivity contribution in [3.8, 4) is 0 Å². The molecule has 0 radical (unpaired) electrons. The summed E-state index contributed by atoms with van der Waals surface area (Å²) in [6, 6.07) is 0.831. The molecule has 1 heterocycles. The molecular weight excluding hydrogens is 200 g/mol. The third kappa shape index (κ3) is 2.76. The molecule has 3 unspecified atom stereocenters. The fourth-order valence-electron chi connectivity index (χ4n) is 2.89. The van der Waals surface area contributed by atoms with Gasteiger partial charge in [-0.05, 0) is 38.3 Å². The van der Waals surface area contributed by atoms with Gasteiger partial charge in [0.05, 0.1) is 12.7 Å². The van der Waals surface area contributed by atoms with E-state index in [1.54, 1.807) is 0 Å². The molecule has 1 aliphatic carbocycles. The number of rotatable bonds is 5. The highest BCUT2D eigenvalue weighted by Crippen LogP contribution is 2.32. The van der Waals surface area contributed by atoms with Crippen LogP contribution in [0.3, 0.4) is 0 Å². The second kappa shape index (κ2) is 5.99. The number of ether oxygens (including phenoxy) is 1. The third-order valence-corrected chi connectivity index (χ3v) is 4.13. The van der Waals surface area contributed by atoms with Crippen LogP contribution in [0.2, 0.25) is 0 Å². The zero-order valence-electron chi connectivity index (χ0n) is 10.7. The van der Waals surface area contributed by atoms with E-state index in [0.717, 1.165) is 44.6 Å². The summed E-state index contributed by atoms with van der Waals surface area (Å²) in [7, 11) is 0. The van der Waals surface area contributed by atoms with Crippen LogP contribution in [0.4, 0.5) is 0 Å². The smallest absolute Gasteiger partial charge is 0.0700 e. The number of morpholine rings is 1. The maximum absolute atomic E-state index is 5.74. The van der Waals surface area contributed by atoms with Crippen molar-refractivity contribution in [1.82, 2.24) is 10.2 Å². The summed E-state index contributed by atoms with van der Waals surface area (Å²) in [4.78, 5) is 2.67. The second-order valence-corrected chi connectivity index (χ2v) is 5.11. The minimum atomic E-state index is 0.481. The Labute approximate surface area is 99.5 Å². The zero-order valence-corrected chi connectivity index (χ0v) is 10.7. The third-order valence-electron chi connectivity index (χ3n) is 4.13. The van der Waals surface area contributed by atoms with E-state index in [1.807, 2.05) is 0 Å². The van der Waals surface area contributed by atoms with Crippen molar-refractivity contribution in [2.75, 3.05) is 32.8 Å². The Morgan fingerprint density at radius 2 is 2.19 bits per heavy atom. The summed E-state index contributed by atoms with van der Waals surface area (Å²) in [6.45, 7) is 9.95. The number of nitrogens with zero attached hydrogens (tertiary/aromatic N) is 1. The molecule has 0 spiro atoms. The standard InChI is InChI=1S/C13H26N2O/c1-3-12-10-15(7-8-16-12)13-6-5-11(13)9-14-4-2/h11-14H,3-10H2,1-2H3. The van der Waals surface area contributed by atoms with Crippen LogP contribution in [0.15, 0.2) is 0 Å². The molecule has 0 aromatic carbocycles. The van der Waals surface area contributed by atoms with Crippen LogP contribution in [0, 0.1) is 5.92 Å². The van der Waals surface area contributed by atoms with E-state index in [2.05, 4.69) is 24.1 Å². The quantitative estimate of drug-likeness (QED) is 0.768. The first-order valence-corrected chi connectivity index (χ1v) is 6.91. The second-order valence-electron chi connectivity index (χ2n) is 5.11. The zero-order chi connectivity index (χ0) is 11.4. The summed E-state index contributed by atoms with van der Waals surface area (Å²) >= 11 is 0. The predicted octanol–water partition coefficient (Wildman–Crippen LogP) is 1.49. The average Bonchev–Trinajstić information content (AvgIpc) is 2.28. The maximum atomic E-state index is 5.74. The van der Waals surface area contributed by atoms with Crippen LogP contribution in [-0.4, -0.2) is 49.8 Å². The summed E-state index contributed by atoms with van der Waals surface area (Å²) < 4.78 is 5.74. The molecule has 94 valence electrons. The van der Waals surface area contributed by atoms with Gasteiger partial charge >= 0.3 is 0 Å². The fourth-order valence-corrected chi connectivity index (χ4v) is 2.89. The van der Waals surface area contributed by atoms with Gasteiger partial charge in [-0.25, -0.2) is 0 Å². The highest BCUT2D eigenvalue weighted by Gasteiger charge is 2.36. The first-order chi connectivity index (χ1) is 7.85. The van der Waals surface area contributed by atoms with E-state index in [9.17, 15) is 0 Å². The minimum absolute atomic E-state index is 0.481. The number of hydrogen-bond donors (Lipinski definition) is 1. The van der Waals surface area contributed by atoms with Crippen molar-refractivity contribution in [2.24, 2.45) is 5.92 Å². The molecule has 1 aliphatic heterocycles. The first kappa shape index (κ1) is 12.3. The molecule has 0 amide bonds. The van der Waals surface area contributed by atoms with E-state index in [4.69, 9.17) is 4.74 Å². The van der Waals surface area contributed by atoms with Gasteiger partial charge in [0.15, 0.2) is 0 Å². The Kier molecular flexibility index (Phi) is 4.62. The van der Waals surface area contributed by atoms with Crippen LogP contribution in [0.1, 0.15) is 33.1 Å². The number of nitrogens with one attached hydrogen (secondary N) is 1. The molecule has 0 aromatic rings. The molecule has 1 saturated carbocycles. The largest absolute Gasteiger partial charge is 0.376 e. The SMILES string of the molecule is CCNCC1CCC1N1CCOC(CC)C1. The highest BCUT2D eigenvalue weighted by molar-refractivity contribution is 4.91. The van der Waals surface area contributed by atoms with Crippen molar-refractivity contribution < 1.29 is 4.74 Å². The van der Waals surface area contributed by atoms with Gasteiger partial charge in [0.1, 0.15) is 0 Å². The van der Waals surface area contributed by atoms with E-state index in [1.165, 1.54) is 19.4 Å². The highest BCUT2D eigenvalue weighted by atomic mass is 16.5.